The van der Waals surface area contributed by atoms with Crippen molar-refractivity contribution in [3.05, 3.63) is 60.3 Å². The number of rotatable bonds is 6. The predicted octanol–water partition coefficient (Wildman–Crippen LogP) is 2.40. The number of ether oxygens (including phenoxy) is 1. The molecule has 0 spiro atoms. The van der Waals surface area contributed by atoms with Gasteiger partial charge in [0.2, 0.25) is 0 Å². The number of carbonyl (C=O) groups is 1. The summed E-state index contributed by atoms with van der Waals surface area (Å²) in [7, 11) is -2.75. The van der Waals surface area contributed by atoms with Crippen LogP contribution in [-0.2, 0) is 14.9 Å². The maximum absolute atomic E-state index is 12.1. The normalized spacial score (nSPS) is 11.3. The van der Waals surface area contributed by atoms with Crippen molar-refractivity contribution >= 4 is 27.4 Å². The largest absolute Gasteiger partial charge is 0.497 e. The zero-order chi connectivity index (χ0) is 19.2. The Bertz CT molecular complexity index is 959. The van der Waals surface area contributed by atoms with Gasteiger partial charge in [-0.2, -0.15) is 13.7 Å². The predicted molar refractivity (Wildman–Crippen MR) is 95.2 cm³/mol. The second kappa shape index (κ2) is 8.15. The Hall–Kier alpha value is -3.35. The lowest BCUT2D eigenvalue weighted by atomic mass is 10.2. The zero-order valence-corrected chi connectivity index (χ0v) is 14.4. The lowest BCUT2D eigenvalue weighted by Gasteiger charge is -2.06. The third-order valence-corrected chi connectivity index (χ3v) is 4.12. The molecule has 0 atom stereocenters. The van der Waals surface area contributed by atoms with Crippen molar-refractivity contribution in [2.24, 2.45) is 0 Å². The van der Waals surface area contributed by atoms with Crippen LogP contribution in [0.2, 0.25) is 0 Å². The molecule has 2 aromatic carbocycles. The first kappa shape index (κ1) is 19.0. The van der Waals surface area contributed by atoms with E-state index in [1.54, 1.807) is 30.3 Å². The van der Waals surface area contributed by atoms with Gasteiger partial charge in [0.1, 0.15) is 17.4 Å². The van der Waals surface area contributed by atoms with Gasteiger partial charge in [-0.3, -0.25) is 9.35 Å². The third-order valence-electron chi connectivity index (χ3n) is 3.25. The first-order chi connectivity index (χ1) is 12.3. The number of benzene rings is 2. The molecule has 0 unspecified atom stereocenters. The molecule has 0 bridgehead atoms. The van der Waals surface area contributed by atoms with Gasteiger partial charge in [-0.1, -0.05) is 0 Å². The highest BCUT2D eigenvalue weighted by Crippen LogP contribution is 2.16. The second-order valence-corrected chi connectivity index (χ2v) is 6.42. The Morgan fingerprint density at radius 2 is 1.69 bits per heavy atom. The molecule has 0 saturated heterocycles. The van der Waals surface area contributed by atoms with E-state index in [9.17, 15) is 13.2 Å². The molecule has 2 rings (SSSR count). The molecular formula is C17H15N3O5S. The summed E-state index contributed by atoms with van der Waals surface area (Å²) in [5.74, 6) is 0.0220. The van der Waals surface area contributed by atoms with Crippen LogP contribution in [0.4, 0.5) is 11.4 Å². The molecule has 0 aliphatic carbocycles. The molecule has 134 valence electrons. The van der Waals surface area contributed by atoms with Gasteiger partial charge in [0.25, 0.3) is 16.0 Å². The molecular weight excluding hydrogens is 358 g/mol. The smallest absolute Gasteiger partial charge is 0.294 e. The summed E-state index contributed by atoms with van der Waals surface area (Å²) in [6.07, 6.45) is 1.20. The zero-order valence-electron chi connectivity index (χ0n) is 13.6. The number of methoxy groups -OCH3 is 1. The highest BCUT2D eigenvalue weighted by Gasteiger charge is 2.10. The van der Waals surface area contributed by atoms with E-state index in [-0.39, 0.29) is 10.5 Å². The highest BCUT2D eigenvalue weighted by molar-refractivity contribution is 7.85. The summed E-state index contributed by atoms with van der Waals surface area (Å²) >= 11 is 0. The average Bonchev–Trinajstić information content (AvgIpc) is 2.62. The fraction of sp³-hybridized carbons (Fsp3) is 0.0588. The summed E-state index contributed by atoms with van der Waals surface area (Å²) in [6.45, 7) is 0. The summed E-state index contributed by atoms with van der Waals surface area (Å²) in [5, 5.41) is 14.4. The number of amides is 1. The summed E-state index contributed by atoms with van der Waals surface area (Å²) in [5.41, 5.74) is 0.747. The van der Waals surface area contributed by atoms with Crippen LogP contribution in [0, 0.1) is 11.3 Å². The van der Waals surface area contributed by atoms with Gasteiger partial charge >= 0.3 is 0 Å². The van der Waals surface area contributed by atoms with Crippen LogP contribution in [0.3, 0.4) is 0 Å². The molecule has 0 aliphatic rings. The van der Waals surface area contributed by atoms with Gasteiger partial charge < -0.3 is 15.4 Å². The lowest BCUT2D eigenvalue weighted by Crippen LogP contribution is -2.14. The van der Waals surface area contributed by atoms with Crippen molar-refractivity contribution in [2.45, 2.75) is 4.90 Å². The van der Waals surface area contributed by atoms with E-state index in [1.807, 2.05) is 0 Å². The quantitative estimate of drug-likeness (QED) is 0.403. The van der Waals surface area contributed by atoms with Crippen LogP contribution >= 0.6 is 0 Å². The van der Waals surface area contributed by atoms with E-state index in [2.05, 4.69) is 10.6 Å². The summed E-state index contributed by atoms with van der Waals surface area (Å²) in [4.78, 5) is 11.9. The Morgan fingerprint density at radius 1 is 1.12 bits per heavy atom. The van der Waals surface area contributed by atoms with Crippen molar-refractivity contribution in [1.29, 1.82) is 5.26 Å². The minimum Gasteiger partial charge on any atom is -0.497 e. The number of carbonyl (C=O) groups excluding carboxylic acids is 1. The number of anilines is 2. The maximum atomic E-state index is 12.1. The van der Waals surface area contributed by atoms with E-state index < -0.39 is 16.0 Å². The molecule has 0 aromatic heterocycles. The summed E-state index contributed by atoms with van der Waals surface area (Å²) < 4.78 is 35.9. The average molecular weight is 373 g/mol. The van der Waals surface area contributed by atoms with Gasteiger partial charge in [0.05, 0.1) is 12.0 Å². The molecule has 9 heteroatoms. The Balaban J connectivity index is 2.06. The number of hydrogen-bond acceptors (Lipinski definition) is 6. The van der Waals surface area contributed by atoms with Gasteiger partial charge in [0.15, 0.2) is 0 Å². The van der Waals surface area contributed by atoms with Crippen LogP contribution in [0.15, 0.2) is 65.2 Å². The topological polar surface area (TPSA) is 129 Å². The van der Waals surface area contributed by atoms with E-state index in [1.165, 1.54) is 37.6 Å². The standard InChI is InChI=1S/C17H15N3O5S/c1-25-15-6-2-14(3-7-15)20-17(21)12(10-18)11-19-13-4-8-16(9-5-13)26(22,23)24/h2-9,11,19H,1H3,(H,20,21)(H,22,23,24)/b12-11-. The number of hydrogen-bond donors (Lipinski definition) is 3. The summed E-state index contributed by atoms with van der Waals surface area (Å²) in [6, 6.07) is 13.5. The third kappa shape index (κ3) is 5.07. The van der Waals surface area contributed by atoms with Crippen molar-refractivity contribution in [2.75, 3.05) is 17.7 Å². The second-order valence-electron chi connectivity index (χ2n) is 5.00. The number of nitrogens with zero attached hydrogens (tertiary/aromatic N) is 1. The van der Waals surface area contributed by atoms with Crippen LogP contribution in [-0.4, -0.2) is 26.0 Å². The van der Waals surface area contributed by atoms with E-state index in [0.29, 0.717) is 17.1 Å². The molecule has 8 nitrogen and oxygen atoms in total. The molecule has 26 heavy (non-hydrogen) atoms. The molecule has 0 radical (unpaired) electrons. The first-order valence-corrected chi connectivity index (χ1v) is 8.67. The molecule has 0 aliphatic heterocycles. The Kier molecular flexibility index (Phi) is 5.95. The number of nitrogens with one attached hydrogen (secondary N) is 2. The fourth-order valence-corrected chi connectivity index (χ4v) is 2.38. The first-order valence-electron chi connectivity index (χ1n) is 7.23. The van der Waals surface area contributed by atoms with Crippen LogP contribution in [0.25, 0.3) is 0 Å². The number of nitriles is 1. The van der Waals surface area contributed by atoms with Gasteiger partial charge in [0, 0.05) is 17.6 Å². The minimum atomic E-state index is -4.28. The van der Waals surface area contributed by atoms with Crippen LogP contribution in [0.1, 0.15) is 0 Å². The monoisotopic (exact) mass is 373 g/mol. The molecule has 2 aromatic rings. The van der Waals surface area contributed by atoms with E-state index in [0.717, 1.165) is 0 Å². The van der Waals surface area contributed by atoms with E-state index in [4.69, 9.17) is 14.6 Å². The SMILES string of the molecule is COc1ccc(NC(=O)/C(C#N)=C\Nc2ccc(S(=O)(=O)O)cc2)cc1. The Morgan fingerprint density at radius 3 is 2.19 bits per heavy atom. The van der Waals surface area contributed by atoms with Crippen molar-refractivity contribution in [3.63, 3.8) is 0 Å². The fourth-order valence-electron chi connectivity index (χ4n) is 1.90. The van der Waals surface area contributed by atoms with Gasteiger partial charge in [-0.05, 0) is 48.5 Å². The molecule has 1 amide bonds. The van der Waals surface area contributed by atoms with Crippen molar-refractivity contribution in [3.8, 4) is 11.8 Å². The van der Waals surface area contributed by atoms with Crippen molar-refractivity contribution in [1.82, 2.24) is 0 Å². The molecule has 3 N–H and O–H groups in total. The van der Waals surface area contributed by atoms with Gasteiger partial charge in [-0.15, -0.1) is 0 Å². The van der Waals surface area contributed by atoms with E-state index >= 15 is 0 Å². The van der Waals surface area contributed by atoms with Crippen molar-refractivity contribution < 1.29 is 22.5 Å². The highest BCUT2D eigenvalue weighted by atomic mass is 32.2. The van der Waals surface area contributed by atoms with Gasteiger partial charge in [-0.25, -0.2) is 0 Å². The molecule has 0 saturated carbocycles. The molecule has 0 heterocycles. The maximum Gasteiger partial charge on any atom is 0.294 e. The van der Waals surface area contributed by atoms with Crippen LogP contribution < -0.4 is 15.4 Å². The lowest BCUT2D eigenvalue weighted by molar-refractivity contribution is -0.112. The van der Waals surface area contributed by atoms with Crippen LogP contribution in [0.5, 0.6) is 5.75 Å². The molecule has 0 fully saturated rings. The minimum absolute atomic E-state index is 0.181. The Labute approximate surface area is 150 Å².